The van der Waals surface area contributed by atoms with Crippen LogP contribution >= 0.6 is 11.8 Å². The second kappa shape index (κ2) is 1.89. The number of hydrogen-bond donors (Lipinski definition) is 2. The monoisotopic (exact) mass is 158 g/mol. The first-order valence-corrected chi connectivity index (χ1v) is 4.33. The normalized spacial score (nSPS) is 45.3. The Morgan fingerprint density at radius 2 is 2.60 bits per heavy atom. The highest BCUT2D eigenvalue weighted by Crippen LogP contribution is 2.43. The lowest BCUT2D eigenvalue weighted by molar-refractivity contribution is 0.0659. The Labute approximate surface area is 63.7 Å². The number of nitrogens with two attached hydrogens (primary N) is 1. The zero-order chi connectivity index (χ0) is 7.19. The van der Waals surface area contributed by atoms with E-state index in [1.54, 1.807) is 0 Å². The molecular weight excluding hydrogens is 148 g/mol. The van der Waals surface area contributed by atoms with Crippen LogP contribution in [0.25, 0.3) is 0 Å². The molecule has 56 valence electrons. The van der Waals surface area contributed by atoms with Crippen LogP contribution in [0.1, 0.15) is 19.3 Å². The van der Waals surface area contributed by atoms with Crippen LogP contribution in [-0.2, 0) is 0 Å². The van der Waals surface area contributed by atoms with Gasteiger partial charge >= 0.3 is 0 Å². The minimum atomic E-state index is -0.797. The lowest BCUT2D eigenvalue weighted by Crippen LogP contribution is -2.28. The van der Waals surface area contributed by atoms with Crippen molar-refractivity contribution in [2.24, 2.45) is 10.7 Å². The molecule has 2 atom stereocenters. The van der Waals surface area contributed by atoms with E-state index in [2.05, 4.69) is 4.99 Å². The molecule has 1 heterocycles. The average Bonchev–Trinajstić information content (AvgIpc) is 2.20. The minimum absolute atomic E-state index is 0.243. The summed E-state index contributed by atoms with van der Waals surface area (Å²) >= 11 is 1.51. The third-order valence-corrected chi connectivity index (χ3v) is 3.32. The molecule has 0 spiro atoms. The molecule has 0 amide bonds. The van der Waals surface area contributed by atoms with Gasteiger partial charge in [-0.2, -0.15) is 0 Å². The Balaban J connectivity index is 2.27. The van der Waals surface area contributed by atoms with Gasteiger partial charge in [-0.25, -0.2) is 4.99 Å². The van der Waals surface area contributed by atoms with Gasteiger partial charge in [0.25, 0.3) is 0 Å². The maximum atomic E-state index is 9.71. The molecule has 3 N–H and O–H groups in total. The van der Waals surface area contributed by atoms with Gasteiger partial charge in [-0.1, -0.05) is 11.8 Å². The zero-order valence-electron chi connectivity index (χ0n) is 5.58. The van der Waals surface area contributed by atoms with E-state index in [1.807, 2.05) is 0 Å². The highest BCUT2D eigenvalue weighted by molar-refractivity contribution is 8.14. The van der Waals surface area contributed by atoms with Crippen molar-refractivity contribution in [2.75, 3.05) is 0 Å². The van der Waals surface area contributed by atoms with Gasteiger partial charge in [-0.15, -0.1) is 0 Å². The van der Waals surface area contributed by atoms with Crippen molar-refractivity contribution in [3.05, 3.63) is 0 Å². The lowest BCUT2D eigenvalue weighted by atomic mass is 10.2. The zero-order valence-corrected chi connectivity index (χ0v) is 6.40. The molecule has 0 aromatic heterocycles. The Morgan fingerprint density at radius 1 is 1.80 bits per heavy atom. The molecule has 10 heavy (non-hydrogen) atoms. The summed E-state index contributed by atoms with van der Waals surface area (Å²) in [7, 11) is 0. The molecule has 1 saturated carbocycles. The lowest BCUT2D eigenvalue weighted by Gasteiger charge is -2.16. The molecule has 1 aliphatic heterocycles. The average molecular weight is 158 g/mol. The van der Waals surface area contributed by atoms with E-state index < -0.39 is 5.72 Å². The van der Waals surface area contributed by atoms with Crippen LogP contribution in [0.3, 0.4) is 0 Å². The van der Waals surface area contributed by atoms with E-state index in [9.17, 15) is 5.11 Å². The SMILES string of the molecule is NC1=NC2(O)CCCC2S1. The molecule has 2 rings (SSSR count). The maximum absolute atomic E-state index is 9.71. The molecule has 0 saturated heterocycles. The summed E-state index contributed by atoms with van der Waals surface area (Å²) < 4.78 is 0. The number of rotatable bonds is 0. The van der Waals surface area contributed by atoms with Gasteiger partial charge in [0.1, 0.15) is 0 Å². The van der Waals surface area contributed by atoms with Crippen molar-refractivity contribution >= 4 is 16.9 Å². The largest absolute Gasteiger partial charge is 0.378 e. The van der Waals surface area contributed by atoms with E-state index >= 15 is 0 Å². The van der Waals surface area contributed by atoms with Crippen LogP contribution < -0.4 is 5.73 Å². The molecule has 3 nitrogen and oxygen atoms in total. The van der Waals surface area contributed by atoms with Gasteiger partial charge < -0.3 is 10.8 Å². The van der Waals surface area contributed by atoms with Crippen molar-refractivity contribution in [1.82, 2.24) is 0 Å². The topological polar surface area (TPSA) is 58.6 Å². The first kappa shape index (κ1) is 6.49. The summed E-state index contributed by atoms with van der Waals surface area (Å²) in [5.74, 6) is 0. The Morgan fingerprint density at radius 3 is 3.30 bits per heavy atom. The number of amidine groups is 1. The van der Waals surface area contributed by atoms with Gasteiger partial charge in [0, 0.05) is 0 Å². The molecule has 2 aliphatic rings. The standard InChI is InChI=1S/C6H10N2OS/c7-5-8-6(9)3-1-2-4(6)10-5/h4,9H,1-3H2,(H2,7,8). The molecule has 1 aliphatic carbocycles. The number of aliphatic hydroxyl groups is 1. The van der Waals surface area contributed by atoms with Gasteiger partial charge in [-0.3, -0.25) is 0 Å². The van der Waals surface area contributed by atoms with Crippen LogP contribution in [0, 0.1) is 0 Å². The molecule has 4 heteroatoms. The number of hydrogen-bond acceptors (Lipinski definition) is 4. The van der Waals surface area contributed by atoms with Crippen LogP contribution in [-0.4, -0.2) is 21.2 Å². The molecule has 2 unspecified atom stereocenters. The van der Waals surface area contributed by atoms with E-state index in [1.165, 1.54) is 11.8 Å². The maximum Gasteiger partial charge on any atom is 0.171 e. The van der Waals surface area contributed by atoms with Crippen molar-refractivity contribution in [3.8, 4) is 0 Å². The molecule has 0 radical (unpaired) electrons. The van der Waals surface area contributed by atoms with E-state index in [4.69, 9.17) is 5.73 Å². The summed E-state index contributed by atoms with van der Waals surface area (Å²) in [5.41, 5.74) is 4.67. The quantitative estimate of drug-likeness (QED) is 0.532. The number of nitrogens with zero attached hydrogens (tertiary/aromatic N) is 1. The highest BCUT2D eigenvalue weighted by atomic mass is 32.2. The van der Waals surface area contributed by atoms with Crippen LogP contribution in [0.15, 0.2) is 4.99 Å². The third kappa shape index (κ3) is 0.754. The highest BCUT2D eigenvalue weighted by Gasteiger charge is 2.46. The van der Waals surface area contributed by atoms with Crippen LogP contribution in [0.2, 0.25) is 0 Å². The van der Waals surface area contributed by atoms with Gasteiger partial charge in [0.2, 0.25) is 0 Å². The van der Waals surface area contributed by atoms with Crippen molar-refractivity contribution in [2.45, 2.75) is 30.2 Å². The predicted octanol–water partition coefficient (Wildman–Crippen LogP) is 0.289. The third-order valence-electron chi connectivity index (χ3n) is 2.09. The first-order chi connectivity index (χ1) is 4.71. The summed E-state index contributed by atoms with van der Waals surface area (Å²) in [4.78, 5) is 4.00. The van der Waals surface area contributed by atoms with Gasteiger partial charge in [-0.05, 0) is 19.3 Å². The Hall–Kier alpha value is -0.220. The van der Waals surface area contributed by atoms with Crippen molar-refractivity contribution < 1.29 is 5.11 Å². The van der Waals surface area contributed by atoms with E-state index in [0.29, 0.717) is 5.17 Å². The molecule has 0 bridgehead atoms. The fourth-order valence-electron chi connectivity index (χ4n) is 1.58. The second-order valence-corrected chi connectivity index (χ2v) is 4.05. The molecule has 0 aromatic rings. The van der Waals surface area contributed by atoms with E-state index in [-0.39, 0.29) is 5.25 Å². The fourth-order valence-corrected chi connectivity index (χ4v) is 2.73. The van der Waals surface area contributed by atoms with Gasteiger partial charge in [0.05, 0.1) is 5.25 Å². The number of thioether (sulfide) groups is 1. The second-order valence-electron chi connectivity index (χ2n) is 2.83. The van der Waals surface area contributed by atoms with Crippen molar-refractivity contribution in [3.63, 3.8) is 0 Å². The smallest absolute Gasteiger partial charge is 0.171 e. The molecule has 0 aromatic carbocycles. The first-order valence-electron chi connectivity index (χ1n) is 3.45. The molecule has 1 fully saturated rings. The summed E-state index contributed by atoms with van der Waals surface area (Å²) in [6.45, 7) is 0. The summed E-state index contributed by atoms with van der Waals surface area (Å²) in [5, 5.41) is 10.5. The predicted molar refractivity (Wildman–Crippen MR) is 41.8 cm³/mol. The van der Waals surface area contributed by atoms with Crippen LogP contribution in [0.5, 0.6) is 0 Å². The van der Waals surface area contributed by atoms with Crippen LogP contribution in [0.4, 0.5) is 0 Å². The fraction of sp³-hybridized carbons (Fsp3) is 0.833. The Kier molecular flexibility index (Phi) is 1.22. The van der Waals surface area contributed by atoms with E-state index in [0.717, 1.165) is 19.3 Å². The van der Waals surface area contributed by atoms with Gasteiger partial charge in [0.15, 0.2) is 10.9 Å². The molecular formula is C6H10N2OS. The summed E-state index contributed by atoms with van der Waals surface area (Å²) in [6, 6.07) is 0. The minimum Gasteiger partial charge on any atom is -0.378 e. The van der Waals surface area contributed by atoms with Crippen molar-refractivity contribution in [1.29, 1.82) is 0 Å². The Bertz CT molecular complexity index is 194. The summed E-state index contributed by atoms with van der Waals surface area (Å²) in [6.07, 6.45) is 2.90. The number of aliphatic imine (C=N–C) groups is 1. The number of fused-ring (bicyclic) bond motifs is 1.